The molecule has 86 valence electrons. The topological polar surface area (TPSA) is 46.9 Å². The van der Waals surface area contributed by atoms with Crippen LogP contribution < -0.4 is 5.32 Å². The average molecular weight is 219 g/mol. The van der Waals surface area contributed by atoms with E-state index in [9.17, 15) is 4.79 Å². The molecule has 0 aliphatic carbocycles. The second-order valence-corrected chi connectivity index (χ2v) is 3.45. The third kappa shape index (κ3) is 3.13. The normalized spacial score (nSPS) is 9.44. The van der Waals surface area contributed by atoms with Gasteiger partial charge in [-0.25, -0.2) is 0 Å². The van der Waals surface area contributed by atoms with E-state index in [1.165, 1.54) is 0 Å². The van der Waals surface area contributed by atoms with Crippen molar-refractivity contribution in [2.75, 3.05) is 6.54 Å². The Balaban J connectivity index is 2.60. The highest BCUT2D eigenvalue weighted by molar-refractivity contribution is 5.95. The highest BCUT2D eigenvalue weighted by Gasteiger charge is 2.13. The van der Waals surface area contributed by atoms with Crippen molar-refractivity contribution in [1.29, 1.82) is 0 Å². The number of aryl methyl sites for hydroxylation is 2. The van der Waals surface area contributed by atoms with Crippen LogP contribution in [-0.4, -0.2) is 22.2 Å². The Kier molecular flexibility index (Phi) is 4.59. The van der Waals surface area contributed by atoms with Crippen LogP contribution in [0.4, 0.5) is 0 Å². The highest BCUT2D eigenvalue weighted by atomic mass is 16.1. The van der Waals surface area contributed by atoms with Crippen LogP contribution in [0.2, 0.25) is 0 Å². The molecule has 1 amide bonds. The van der Waals surface area contributed by atoms with E-state index in [0.717, 1.165) is 12.1 Å². The minimum absolute atomic E-state index is 0.0668. The minimum atomic E-state index is -0.0668. The molecule has 16 heavy (non-hydrogen) atoms. The van der Waals surface area contributed by atoms with Crippen molar-refractivity contribution >= 4 is 5.91 Å². The summed E-state index contributed by atoms with van der Waals surface area (Å²) in [6.45, 7) is 4.36. The monoisotopic (exact) mass is 219 g/mol. The Morgan fingerprint density at radius 1 is 1.62 bits per heavy atom. The number of hydrogen-bond acceptors (Lipinski definition) is 2. The summed E-state index contributed by atoms with van der Waals surface area (Å²) >= 11 is 0. The zero-order valence-corrected chi connectivity index (χ0v) is 10.0. The van der Waals surface area contributed by atoms with Crippen molar-refractivity contribution in [2.45, 2.75) is 26.7 Å². The molecule has 0 spiro atoms. The summed E-state index contributed by atoms with van der Waals surface area (Å²) in [6.07, 6.45) is 3.20. The lowest BCUT2D eigenvalue weighted by Crippen LogP contribution is -2.24. The molecule has 1 heterocycles. The van der Waals surface area contributed by atoms with E-state index in [0.29, 0.717) is 18.5 Å². The summed E-state index contributed by atoms with van der Waals surface area (Å²) in [5, 5.41) is 7.05. The summed E-state index contributed by atoms with van der Waals surface area (Å²) in [5.41, 5.74) is 1.50. The zero-order chi connectivity index (χ0) is 12.0. The molecule has 0 aliphatic heterocycles. The molecule has 4 heteroatoms. The molecule has 0 bridgehead atoms. The van der Waals surface area contributed by atoms with Gasteiger partial charge in [0.05, 0.1) is 11.3 Å². The van der Waals surface area contributed by atoms with Crippen molar-refractivity contribution < 1.29 is 4.79 Å². The lowest BCUT2D eigenvalue weighted by atomic mass is 10.2. The molecule has 0 unspecified atom stereocenters. The maximum absolute atomic E-state index is 11.8. The first-order valence-electron chi connectivity index (χ1n) is 5.39. The number of amides is 1. The minimum Gasteiger partial charge on any atom is -0.351 e. The second kappa shape index (κ2) is 5.96. The van der Waals surface area contributed by atoms with Gasteiger partial charge in [-0.15, -0.1) is 11.8 Å². The fourth-order valence-corrected chi connectivity index (χ4v) is 1.44. The van der Waals surface area contributed by atoms with Gasteiger partial charge in [0.1, 0.15) is 0 Å². The Bertz CT molecular complexity index is 423. The lowest BCUT2D eigenvalue weighted by Gasteiger charge is -2.01. The molecule has 1 N–H and O–H groups in total. The molecule has 1 aromatic rings. The van der Waals surface area contributed by atoms with E-state index >= 15 is 0 Å². The molecular weight excluding hydrogens is 202 g/mol. The summed E-state index contributed by atoms with van der Waals surface area (Å²) < 4.78 is 1.67. The van der Waals surface area contributed by atoms with Gasteiger partial charge >= 0.3 is 0 Å². The highest BCUT2D eigenvalue weighted by Crippen LogP contribution is 2.06. The van der Waals surface area contributed by atoms with Crippen molar-refractivity contribution in [1.82, 2.24) is 15.1 Å². The molecule has 0 radical (unpaired) electrons. The van der Waals surface area contributed by atoms with Gasteiger partial charge in [0.2, 0.25) is 0 Å². The Hall–Kier alpha value is -1.76. The van der Waals surface area contributed by atoms with Crippen LogP contribution in [-0.2, 0) is 13.5 Å². The smallest absolute Gasteiger partial charge is 0.254 e. The molecule has 0 saturated heterocycles. The quantitative estimate of drug-likeness (QED) is 0.609. The van der Waals surface area contributed by atoms with E-state index in [1.54, 1.807) is 17.8 Å². The van der Waals surface area contributed by atoms with Crippen molar-refractivity contribution in [2.24, 2.45) is 7.05 Å². The lowest BCUT2D eigenvalue weighted by molar-refractivity contribution is 0.0953. The zero-order valence-electron chi connectivity index (χ0n) is 10.0. The molecular formula is C12H17N3O. The Morgan fingerprint density at radius 3 is 3.00 bits per heavy atom. The summed E-state index contributed by atoms with van der Waals surface area (Å²) in [4.78, 5) is 11.8. The Morgan fingerprint density at radius 2 is 2.38 bits per heavy atom. The van der Waals surface area contributed by atoms with E-state index in [1.807, 2.05) is 14.0 Å². The van der Waals surface area contributed by atoms with E-state index in [4.69, 9.17) is 0 Å². The average Bonchev–Trinajstić information content (AvgIpc) is 2.65. The van der Waals surface area contributed by atoms with Crippen molar-refractivity contribution in [3.05, 3.63) is 17.5 Å². The Labute approximate surface area is 96.0 Å². The van der Waals surface area contributed by atoms with Gasteiger partial charge in [0.25, 0.3) is 5.91 Å². The van der Waals surface area contributed by atoms with Gasteiger partial charge in [0, 0.05) is 26.2 Å². The molecule has 0 aromatic carbocycles. The van der Waals surface area contributed by atoms with Gasteiger partial charge in [-0.05, 0) is 13.3 Å². The van der Waals surface area contributed by atoms with Crippen LogP contribution in [0.15, 0.2) is 6.20 Å². The van der Waals surface area contributed by atoms with Crippen LogP contribution in [0, 0.1) is 11.8 Å². The fourth-order valence-electron chi connectivity index (χ4n) is 1.44. The molecule has 0 atom stereocenters. The van der Waals surface area contributed by atoms with Gasteiger partial charge in [-0.1, -0.05) is 6.92 Å². The molecule has 0 aliphatic rings. The summed E-state index contributed by atoms with van der Waals surface area (Å²) in [6, 6.07) is 0. The molecule has 4 nitrogen and oxygen atoms in total. The van der Waals surface area contributed by atoms with Crippen LogP contribution >= 0.6 is 0 Å². The predicted molar refractivity (Wildman–Crippen MR) is 63.0 cm³/mol. The third-order valence-electron chi connectivity index (χ3n) is 2.20. The second-order valence-electron chi connectivity index (χ2n) is 3.45. The number of aromatic nitrogens is 2. The molecule has 1 aromatic heterocycles. The number of nitrogens with zero attached hydrogens (tertiary/aromatic N) is 2. The van der Waals surface area contributed by atoms with Gasteiger partial charge in [0.15, 0.2) is 0 Å². The van der Waals surface area contributed by atoms with Gasteiger partial charge < -0.3 is 5.32 Å². The molecule has 0 fully saturated rings. The standard InChI is InChI=1S/C12H17N3O/c1-4-6-7-8-13-12(16)10-9-15(3)14-11(10)5-2/h9H,5,7-8H2,1-3H3,(H,13,16). The van der Waals surface area contributed by atoms with E-state index in [2.05, 4.69) is 22.3 Å². The largest absolute Gasteiger partial charge is 0.351 e. The maximum Gasteiger partial charge on any atom is 0.254 e. The van der Waals surface area contributed by atoms with Crippen LogP contribution in [0.25, 0.3) is 0 Å². The molecule has 1 rings (SSSR count). The molecule has 0 saturated carbocycles. The first-order valence-corrected chi connectivity index (χ1v) is 5.39. The van der Waals surface area contributed by atoms with Crippen LogP contribution in [0.5, 0.6) is 0 Å². The number of nitrogens with one attached hydrogen (secondary N) is 1. The first kappa shape index (κ1) is 12.3. The predicted octanol–water partition coefficient (Wildman–Crippen LogP) is 1.13. The third-order valence-corrected chi connectivity index (χ3v) is 2.20. The summed E-state index contributed by atoms with van der Waals surface area (Å²) in [5.74, 6) is 5.63. The van der Waals surface area contributed by atoms with Crippen LogP contribution in [0.3, 0.4) is 0 Å². The number of rotatable bonds is 4. The van der Waals surface area contributed by atoms with Crippen molar-refractivity contribution in [3.63, 3.8) is 0 Å². The van der Waals surface area contributed by atoms with Crippen molar-refractivity contribution in [3.8, 4) is 11.8 Å². The van der Waals surface area contributed by atoms with Gasteiger partial charge in [-0.3, -0.25) is 9.48 Å². The van der Waals surface area contributed by atoms with E-state index in [-0.39, 0.29) is 5.91 Å². The summed E-state index contributed by atoms with van der Waals surface area (Å²) in [7, 11) is 1.82. The SMILES string of the molecule is CC#CCCNC(=O)c1cn(C)nc1CC. The maximum atomic E-state index is 11.8. The van der Waals surface area contributed by atoms with Crippen LogP contribution in [0.1, 0.15) is 36.3 Å². The number of hydrogen-bond donors (Lipinski definition) is 1. The number of carbonyl (C=O) groups is 1. The fraction of sp³-hybridized carbons (Fsp3) is 0.500. The van der Waals surface area contributed by atoms with Gasteiger partial charge in [-0.2, -0.15) is 5.10 Å². The van der Waals surface area contributed by atoms with E-state index < -0.39 is 0 Å². The number of carbonyl (C=O) groups excluding carboxylic acids is 1. The first-order chi connectivity index (χ1) is 7.69.